The van der Waals surface area contributed by atoms with Crippen LogP contribution in [0.3, 0.4) is 0 Å². The van der Waals surface area contributed by atoms with Crippen LogP contribution >= 0.6 is 0 Å². The Morgan fingerprint density at radius 3 is 2.35 bits per heavy atom. The van der Waals surface area contributed by atoms with Gasteiger partial charge in [0.25, 0.3) is 0 Å². The molecule has 1 aliphatic rings. The lowest BCUT2D eigenvalue weighted by molar-refractivity contribution is -0.160. The van der Waals surface area contributed by atoms with Crippen LogP contribution in [0, 0.1) is 18.6 Å². The topological polar surface area (TPSA) is 69.7 Å². The molecule has 166 valence electrons. The first kappa shape index (κ1) is 22.7. The molecule has 0 aromatic heterocycles. The number of sulfone groups is 1. The van der Waals surface area contributed by atoms with Gasteiger partial charge in [0.2, 0.25) is 0 Å². The van der Waals surface area contributed by atoms with Gasteiger partial charge in [0.05, 0.1) is 6.42 Å². The fourth-order valence-electron chi connectivity index (χ4n) is 3.22. The highest BCUT2D eigenvalue weighted by atomic mass is 32.2. The fourth-order valence-corrected chi connectivity index (χ4v) is 4.33. The molecule has 11 heteroatoms. The van der Waals surface area contributed by atoms with E-state index in [4.69, 9.17) is 9.47 Å². The van der Waals surface area contributed by atoms with E-state index in [0.29, 0.717) is 6.07 Å². The smallest absolute Gasteiger partial charge is 0.392 e. The normalized spacial score (nSPS) is 16.8. The molecule has 0 amide bonds. The van der Waals surface area contributed by atoms with Crippen LogP contribution in [0.2, 0.25) is 0 Å². The third-order valence-electron chi connectivity index (χ3n) is 4.36. The van der Waals surface area contributed by atoms with Crippen molar-refractivity contribution in [1.29, 1.82) is 0 Å². The molecule has 2 aromatic rings. The van der Waals surface area contributed by atoms with Crippen LogP contribution in [-0.4, -0.2) is 32.9 Å². The maximum Gasteiger partial charge on any atom is 0.392 e. The molecule has 1 heterocycles. The Hall–Kier alpha value is -2.95. The minimum absolute atomic E-state index is 0.0579. The largest absolute Gasteiger partial charge is 0.456 e. The molecule has 1 unspecified atom stereocenters. The molecular formula is C20H15F5O5S. The summed E-state index contributed by atoms with van der Waals surface area (Å²) in [5.41, 5.74) is 0.0618. The van der Waals surface area contributed by atoms with E-state index in [-0.39, 0.29) is 33.1 Å². The molecule has 5 nitrogen and oxygen atoms in total. The Labute approximate surface area is 174 Å². The number of carbonyl (C=O) groups is 1. The minimum atomic E-state index is -4.62. The molecule has 0 saturated heterocycles. The summed E-state index contributed by atoms with van der Waals surface area (Å²) < 4.78 is 100. The first-order valence-electron chi connectivity index (χ1n) is 8.71. The van der Waals surface area contributed by atoms with Gasteiger partial charge in [0.1, 0.15) is 22.5 Å². The van der Waals surface area contributed by atoms with E-state index in [2.05, 4.69) is 0 Å². The Balaban J connectivity index is 2.12. The van der Waals surface area contributed by atoms with Gasteiger partial charge in [-0.2, -0.15) is 13.2 Å². The quantitative estimate of drug-likeness (QED) is 0.475. The lowest BCUT2D eigenvalue weighted by Gasteiger charge is -2.19. The zero-order chi connectivity index (χ0) is 23.1. The molecule has 3 rings (SSSR count). The Morgan fingerprint density at radius 1 is 1.10 bits per heavy atom. The number of halogens is 5. The first-order chi connectivity index (χ1) is 14.2. The maximum atomic E-state index is 13.5. The summed E-state index contributed by atoms with van der Waals surface area (Å²) >= 11 is 0. The van der Waals surface area contributed by atoms with Gasteiger partial charge in [0, 0.05) is 24.0 Å². The summed E-state index contributed by atoms with van der Waals surface area (Å²) in [4.78, 5) is 11.3. The zero-order valence-electron chi connectivity index (χ0n) is 16.1. The number of alkyl halides is 3. The molecule has 2 aromatic carbocycles. The number of aryl methyl sites for hydroxylation is 1. The van der Waals surface area contributed by atoms with Crippen LogP contribution in [0.4, 0.5) is 22.0 Å². The van der Waals surface area contributed by atoms with Gasteiger partial charge >= 0.3 is 12.1 Å². The number of carbonyl (C=O) groups excluding carboxylic acids is 1. The van der Waals surface area contributed by atoms with Crippen molar-refractivity contribution in [3.05, 3.63) is 59.2 Å². The molecule has 0 N–H and O–H groups in total. The third-order valence-corrected chi connectivity index (χ3v) is 5.62. The van der Waals surface area contributed by atoms with Crippen LogP contribution in [0.1, 0.15) is 17.5 Å². The van der Waals surface area contributed by atoms with Crippen molar-refractivity contribution in [2.45, 2.75) is 30.5 Å². The molecule has 0 saturated carbocycles. The van der Waals surface area contributed by atoms with Gasteiger partial charge < -0.3 is 9.47 Å². The second kappa shape index (κ2) is 7.95. The van der Waals surface area contributed by atoms with E-state index in [1.807, 2.05) is 0 Å². The fraction of sp³-hybridized carbons (Fsp3) is 0.250. The van der Waals surface area contributed by atoms with E-state index < -0.39 is 46.1 Å². The van der Waals surface area contributed by atoms with E-state index in [0.717, 1.165) is 30.5 Å². The number of hydrogen-bond acceptors (Lipinski definition) is 5. The molecule has 1 aliphatic heterocycles. The third kappa shape index (κ3) is 5.22. The van der Waals surface area contributed by atoms with E-state index in [1.165, 1.54) is 13.0 Å². The molecule has 0 spiro atoms. The molecule has 31 heavy (non-hydrogen) atoms. The highest BCUT2D eigenvalue weighted by Crippen LogP contribution is 2.39. The Bertz CT molecular complexity index is 1190. The van der Waals surface area contributed by atoms with Crippen molar-refractivity contribution in [3.8, 4) is 11.5 Å². The molecule has 0 fully saturated rings. The summed E-state index contributed by atoms with van der Waals surface area (Å²) in [5, 5.41) is 0. The number of rotatable bonds is 5. The molecule has 0 radical (unpaired) electrons. The van der Waals surface area contributed by atoms with Crippen molar-refractivity contribution in [2.24, 2.45) is 0 Å². The van der Waals surface area contributed by atoms with Crippen molar-refractivity contribution in [2.75, 3.05) is 6.26 Å². The summed E-state index contributed by atoms with van der Waals surface area (Å²) in [5.74, 6) is -3.93. The van der Waals surface area contributed by atoms with Crippen molar-refractivity contribution in [1.82, 2.24) is 0 Å². The van der Waals surface area contributed by atoms with Gasteiger partial charge in [0.15, 0.2) is 21.5 Å². The van der Waals surface area contributed by atoms with Gasteiger partial charge in [-0.1, -0.05) is 6.07 Å². The van der Waals surface area contributed by atoms with Crippen LogP contribution in [-0.2, 0) is 19.4 Å². The summed E-state index contributed by atoms with van der Waals surface area (Å²) in [6.07, 6.45) is -5.90. The first-order valence-corrected chi connectivity index (χ1v) is 10.6. The molecule has 1 atom stereocenters. The molecular weight excluding hydrogens is 447 g/mol. The van der Waals surface area contributed by atoms with Gasteiger partial charge in [-0.05, 0) is 36.2 Å². The molecule has 0 bridgehead atoms. The second-order valence-corrected chi connectivity index (χ2v) is 8.87. The average molecular weight is 462 g/mol. The maximum absolute atomic E-state index is 13.5. The Kier molecular flexibility index (Phi) is 5.83. The van der Waals surface area contributed by atoms with Gasteiger partial charge in [-0.25, -0.2) is 22.0 Å². The lowest BCUT2D eigenvalue weighted by atomic mass is 9.97. The predicted octanol–water partition coefficient (Wildman–Crippen LogP) is 4.73. The predicted molar refractivity (Wildman–Crippen MR) is 99.2 cm³/mol. The van der Waals surface area contributed by atoms with E-state index in [9.17, 15) is 35.2 Å². The standard InChI is InChI=1S/C20H15F5O5S/c1-10-5-11(13-8-18(26)30-17(13)9-20(23,24)25)6-16(19(10)31(2,27)28)29-12-3-4-14(21)15(22)7-12/h3-8,17H,9H2,1-2H3. The minimum Gasteiger partial charge on any atom is -0.456 e. The lowest BCUT2D eigenvalue weighted by Crippen LogP contribution is -2.21. The van der Waals surface area contributed by atoms with Crippen LogP contribution in [0.5, 0.6) is 11.5 Å². The van der Waals surface area contributed by atoms with Crippen molar-refractivity contribution >= 4 is 21.4 Å². The summed E-state index contributed by atoms with van der Waals surface area (Å²) in [6, 6.07) is 4.91. The molecule has 0 aliphatic carbocycles. The van der Waals surface area contributed by atoms with E-state index >= 15 is 0 Å². The van der Waals surface area contributed by atoms with Crippen molar-refractivity contribution in [3.63, 3.8) is 0 Å². The van der Waals surface area contributed by atoms with E-state index in [1.54, 1.807) is 0 Å². The SMILES string of the molecule is Cc1cc(C2=CC(=O)OC2CC(F)(F)F)cc(Oc2ccc(F)c(F)c2)c1S(C)(=O)=O. The number of benzene rings is 2. The zero-order valence-corrected chi connectivity index (χ0v) is 16.9. The number of cyclic esters (lactones) is 1. The Morgan fingerprint density at radius 2 is 1.77 bits per heavy atom. The van der Waals surface area contributed by atoms with Gasteiger partial charge in [-0.3, -0.25) is 0 Å². The monoisotopic (exact) mass is 462 g/mol. The highest BCUT2D eigenvalue weighted by Gasteiger charge is 2.39. The number of hydrogen-bond donors (Lipinski definition) is 0. The summed E-state index contributed by atoms with van der Waals surface area (Å²) in [7, 11) is -3.89. The van der Waals surface area contributed by atoms with Crippen molar-refractivity contribution < 1.29 is 44.6 Å². The highest BCUT2D eigenvalue weighted by molar-refractivity contribution is 7.90. The van der Waals surface area contributed by atoms with Crippen LogP contribution in [0.15, 0.2) is 41.3 Å². The number of ether oxygens (including phenoxy) is 2. The van der Waals surface area contributed by atoms with Crippen LogP contribution in [0.25, 0.3) is 5.57 Å². The average Bonchev–Trinajstić information content (AvgIpc) is 2.95. The summed E-state index contributed by atoms with van der Waals surface area (Å²) in [6.45, 7) is 1.38. The van der Waals surface area contributed by atoms with Crippen LogP contribution < -0.4 is 4.74 Å². The van der Waals surface area contributed by atoms with Gasteiger partial charge in [-0.15, -0.1) is 0 Å². The number of esters is 1. The second-order valence-electron chi connectivity index (χ2n) is 6.92.